The molecule has 2 aromatic rings. The summed E-state index contributed by atoms with van der Waals surface area (Å²) in [6.07, 6.45) is -0.782. The molecule has 0 saturated carbocycles. The molecule has 25 heavy (non-hydrogen) atoms. The maximum absolute atomic E-state index is 12.9. The second kappa shape index (κ2) is 7.67. The molecule has 1 unspecified atom stereocenters. The van der Waals surface area contributed by atoms with Crippen LogP contribution in [0.25, 0.3) is 0 Å². The Labute approximate surface area is 153 Å². The van der Waals surface area contributed by atoms with Gasteiger partial charge in [0.1, 0.15) is 11.5 Å². The van der Waals surface area contributed by atoms with Crippen LogP contribution in [0, 0.1) is 0 Å². The number of morpholine rings is 1. The van der Waals surface area contributed by atoms with Crippen LogP contribution in [-0.2, 0) is 9.53 Å². The summed E-state index contributed by atoms with van der Waals surface area (Å²) in [6, 6.07) is 14.4. The number of carbonyl (C=O) groups is 2. The fourth-order valence-electron chi connectivity index (χ4n) is 2.57. The summed E-state index contributed by atoms with van der Waals surface area (Å²) in [5.41, 5.74) is 5.71. The number of hydrogen-bond acceptors (Lipinski definition) is 4. The van der Waals surface area contributed by atoms with Gasteiger partial charge in [-0.1, -0.05) is 34.1 Å². The molecule has 1 atom stereocenters. The zero-order chi connectivity index (χ0) is 17.8. The lowest BCUT2D eigenvalue weighted by atomic mass is 10.1. The Kier molecular flexibility index (Phi) is 5.35. The number of ether oxygens (including phenoxy) is 2. The van der Waals surface area contributed by atoms with Crippen molar-refractivity contribution in [2.75, 3.05) is 19.7 Å². The molecule has 0 aromatic heterocycles. The SMILES string of the molecule is NC(=O)C1CN(C(=O)c2ccccc2Oc2cccc(Br)c2)CCO1. The average Bonchev–Trinajstić information content (AvgIpc) is 2.62. The summed E-state index contributed by atoms with van der Waals surface area (Å²) >= 11 is 3.39. The van der Waals surface area contributed by atoms with E-state index >= 15 is 0 Å². The molecule has 1 saturated heterocycles. The Morgan fingerprint density at radius 1 is 1.20 bits per heavy atom. The monoisotopic (exact) mass is 404 g/mol. The molecule has 2 N–H and O–H groups in total. The molecule has 2 amide bonds. The Morgan fingerprint density at radius 2 is 2.00 bits per heavy atom. The first kappa shape index (κ1) is 17.4. The number of nitrogens with zero attached hydrogens (tertiary/aromatic N) is 1. The first-order valence-electron chi connectivity index (χ1n) is 7.77. The molecule has 1 heterocycles. The first-order chi connectivity index (χ1) is 12.0. The van der Waals surface area contributed by atoms with Crippen molar-refractivity contribution in [1.29, 1.82) is 0 Å². The van der Waals surface area contributed by atoms with E-state index in [1.807, 2.05) is 24.3 Å². The lowest BCUT2D eigenvalue weighted by Gasteiger charge is -2.31. The summed E-state index contributed by atoms with van der Waals surface area (Å²) in [5, 5.41) is 0. The highest BCUT2D eigenvalue weighted by atomic mass is 79.9. The number of rotatable bonds is 4. The molecule has 1 aliphatic rings. The highest BCUT2D eigenvalue weighted by Crippen LogP contribution is 2.28. The number of benzene rings is 2. The van der Waals surface area contributed by atoms with Crippen LogP contribution in [0.5, 0.6) is 11.5 Å². The highest BCUT2D eigenvalue weighted by molar-refractivity contribution is 9.10. The topological polar surface area (TPSA) is 81.9 Å². The van der Waals surface area contributed by atoms with Gasteiger partial charge in [0, 0.05) is 11.0 Å². The number of primary amides is 1. The number of nitrogens with two attached hydrogens (primary N) is 1. The van der Waals surface area contributed by atoms with E-state index in [1.54, 1.807) is 29.2 Å². The molecule has 1 aliphatic heterocycles. The van der Waals surface area contributed by atoms with Crippen molar-refractivity contribution < 1.29 is 19.1 Å². The number of amides is 2. The van der Waals surface area contributed by atoms with Crippen LogP contribution in [0.2, 0.25) is 0 Å². The van der Waals surface area contributed by atoms with Gasteiger partial charge in [-0.25, -0.2) is 0 Å². The minimum Gasteiger partial charge on any atom is -0.456 e. The third kappa shape index (κ3) is 4.18. The van der Waals surface area contributed by atoms with Gasteiger partial charge in [-0.05, 0) is 30.3 Å². The quantitative estimate of drug-likeness (QED) is 0.848. The van der Waals surface area contributed by atoms with Crippen molar-refractivity contribution >= 4 is 27.7 Å². The van der Waals surface area contributed by atoms with E-state index in [1.165, 1.54) is 0 Å². The zero-order valence-corrected chi connectivity index (χ0v) is 14.9. The Hall–Kier alpha value is -2.38. The van der Waals surface area contributed by atoms with Crippen LogP contribution in [-0.4, -0.2) is 42.5 Å². The van der Waals surface area contributed by atoms with Crippen molar-refractivity contribution in [3.05, 3.63) is 58.6 Å². The molecule has 0 radical (unpaired) electrons. The van der Waals surface area contributed by atoms with Crippen LogP contribution >= 0.6 is 15.9 Å². The molecular weight excluding hydrogens is 388 g/mol. The van der Waals surface area contributed by atoms with Crippen LogP contribution in [0.1, 0.15) is 10.4 Å². The molecule has 130 valence electrons. The molecular formula is C18H17BrN2O4. The summed E-state index contributed by atoms with van der Waals surface area (Å²) in [6.45, 7) is 0.807. The Balaban J connectivity index is 1.82. The van der Waals surface area contributed by atoms with Crippen molar-refractivity contribution in [3.8, 4) is 11.5 Å². The number of para-hydroxylation sites is 1. The van der Waals surface area contributed by atoms with E-state index in [-0.39, 0.29) is 19.1 Å². The lowest BCUT2D eigenvalue weighted by molar-refractivity contribution is -0.133. The van der Waals surface area contributed by atoms with Gasteiger partial charge in [0.25, 0.3) is 5.91 Å². The standard InChI is InChI=1S/C18H17BrN2O4/c19-12-4-3-5-13(10-12)25-15-7-2-1-6-14(15)18(23)21-8-9-24-16(11-21)17(20)22/h1-7,10,16H,8-9,11H2,(H2,20,22). The van der Waals surface area contributed by atoms with Gasteiger partial charge in [0.05, 0.1) is 18.7 Å². The molecule has 0 spiro atoms. The van der Waals surface area contributed by atoms with E-state index in [2.05, 4.69) is 15.9 Å². The number of halogens is 1. The van der Waals surface area contributed by atoms with Crippen molar-refractivity contribution in [2.45, 2.75) is 6.10 Å². The smallest absolute Gasteiger partial charge is 0.257 e. The second-order valence-electron chi connectivity index (χ2n) is 5.57. The summed E-state index contributed by atoms with van der Waals surface area (Å²) in [7, 11) is 0. The molecule has 3 rings (SSSR count). The third-order valence-electron chi connectivity index (χ3n) is 3.81. The average molecular weight is 405 g/mol. The molecule has 1 fully saturated rings. The third-order valence-corrected chi connectivity index (χ3v) is 4.31. The second-order valence-corrected chi connectivity index (χ2v) is 6.48. The van der Waals surface area contributed by atoms with Crippen LogP contribution in [0.4, 0.5) is 0 Å². The van der Waals surface area contributed by atoms with Gasteiger partial charge in [0.2, 0.25) is 5.91 Å². The number of hydrogen-bond donors (Lipinski definition) is 1. The Bertz CT molecular complexity index is 796. The summed E-state index contributed by atoms with van der Waals surface area (Å²) < 4.78 is 12.0. The van der Waals surface area contributed by atoms with Crippen molar-refractivity contribution in [3.63, 3.8) is 0 Å². The molecule has 6 nitrogen and oxygen atoms in total. The van der Waals surface area contributed by atoms with E-state index < -0.39 is 12.0 Å². The maximum atomic E-state index is 12.9. The molecule has 7 heteroatoms. The predicted octanol–water partition coefficient (Wildman–Crippen LogP) is 2.57. The van der Waals surface area contributed by atoms with E-state index in [0.717, 1.165) is 4.47 Å². The summed E-state index contributed by atoms with van der Waals surface area (Å²) in [5.74, 6) is 0.274. The fraction of sp³-hybridized carbons (Fsp3) is 0.222. The molecule has 2 aromatic carbocycles. The highest BCUT2D eigenvalue weighted by Gasteiger charge is 2.29. The minimum absolute atomic E-state index is 0.138. The lowest BCUT2D eigenvalue weighted by Crippen LogP contribution is -2.50. The van der Waals surface area contributed by atoms with Crippen LogP contribution in [0.15, 0.2) is 53.0 Å². The van der Waals surface area contributed by atoms with Gasteiger partial charge in [0.15, 0.2) is 6.10 Å². The summed E-state index contributed by atoms with van der Waals surface area (Å²) in [4.78, 5) is 25.8. The van der Waals surface area contributed by atoms with E-state index in [0.29, 0.717) is 23.6 Å². The number of carbonyl (C=O) groups excluding carboxylic acids is 2. The van der Waals surface area contributed by atoms with E-state index in [4.69, 9.17) is 15.2 Å². The Morgan fingerprint density at radius 3 is 2.76 bits per heavy atom. The molecule has 0 aliphatic carbocycles. The van der Waals surface area contributed by atoms with Gasteiger partial charge < -0.3 is 20.1 Å². The van der Waals surface area contributed by atoms with Crippen LogP contribution < -0.4 is 10.5 Å². The van der Waals surface area contributed by atoms with Gasteiger partial charge in [-0.15, -0.1) is 0 Å². The predicted molar refractivity (Wildman–Crippen MR) is 95.5 cm³/mol. The molecule has 0 bridgehead atoms. The first-order valence-corrected chi connectivity index (χ1v) is 8.56. The largest absolute Gasteiger partial charge is 0.456 e. The van der Waals surface area contributed by atoms with Gasteiger partial charge in [-0.3, -0.25) is 9.59 Å². The van der Waals surface area contributed by atoms with Gasteiger partial charge in [-0.2, -0.15) is 0 Å². The fourth-order valence-corrected chi connectivity index (χ4v) is 2.94. The normalized spacial score (nSPS) is 17.2. The van der Waals surface area contributed by atoms with Crippen molar-refractivity contribution in [2.24, 2.45) is 5.73 Å². The minimum atomic E-state index is -0.782. The zero-order valence-electron chi connectivity index (χ0n) is 13.4. The van der Waals surface area contributed by atoms with E-state index in [9.17, 15) is 9.59 Å². The maximum Gasteiger partial charge on any atom is 0.257 e. The van der Waals surface area contributed by atoms with Gasteiger partial charge >= 0.3 is 0 Å². The van der Waals surface area contributed by atoms with Crippen molar-refractivity contribution in [1.82, 2.24) is 4.90 Å². The van der Waals surface area contributed by atoms with Crippen LogP contribution in [0.3, 0.4) is 0 Å².